The number of rotatable bonds is 9. The molecule has 0 fully saturated rings. The average Bonchev–Trinajstić information content (AvgIpc) is 2.78. The third-order valence-electron chi connectivity index (χ3n) is 4.23. The molecule has 1 aromatic carbocycles. The second-order valence-corrected chi connectivity index (χ2v) is 6.63. The topological polar surface area (TPSA) is 18.5 Å². The van der Waals surface area contributed by atoms with Crippen molar-refractivity contribution in [1.29, 1.82) is 0 Å². The zero-order valence-electron chi connectivity index (χ0n) is 16.6. The molecule has 0 saturated heterocycles. The summed E-state index contributed by atoms with van der Waals surface area (Å²) in [5, 5.41) is 0. The zero-order valence-corrected chi connectivity index (χ0v) is 16.6. The van der Waals surface area contributed by atoms with Crippen molar-refractivity contribution in [3.8, 4) is 11.5 Å². The van der Waals surface area contributed by atoms with Crippen LogP contribution in [-0.2, 0) is 0 Å². The van der Waals surface area contributed by atoms with Gasteiger partial charge in [0.1, 0.15) is 0 Å². The summed E-state index contributed by atoms with van der Waals surface area (Å²) in [7, 11) is 0. The highest BCUT2D eigenvalue weighted by Crippen LogP contribution is 2.63. The maximum absolute atomic E-state index is 13.6. The fourth-order valence-electron chi connectivity index (χ4n) is 2.11. The third-order valence-corrected chi connectivity index (χ3v) is 4.23. The van der Waals surface area contributed by atoms with E-state index in [0.29, 0.717) is 0 Å². The van der Waals surface area contributed by atoms with Gasteiger partial charge in [-0.2, -0.15) is 87.8 Å². The summed E-state index contributed by atoms with van der Waals surface area (Å²) < 4.78 is 290. The molecule has 2 nitrogen and oxygen atoms in total. The zero-order chi connectivity index (χ0) is 31.5. The minimum Gasteiger partial charge on any atom is -0.423 e. The number of hydrogen-bond acceptors (Lipinski definition) is 2. The van der Waals surface area contributed by atoms with E-state index in [0.717, 1.165) is 0 Å². The van der Waals surface area contributed by atoms with Gasteiger partial charge >= 0.3 is 47.7 Å². The van der Waals surface area contributed by atoms with Gasteiger partial charge in [-0.15, -0.1) is 0 Å². The molecule has 0 atom stereocenters. The Bertz CT molecular complexity index is 1130. The van der Waals surface area contributed by atoms with Crippen molar-refractivity contribution >= 4 is 0 Å². The Morgan fingerprint density at radius 3 is 1.21 bits per heavy atom. The van der Waals surface area contributed by atoms with Crippen LogP contribution in [0.25, 0.3) is 0 Å². The van der Waals surface area contributed by atoms with Gasteiger partial charge in [0.15, 0.2) is 0 Å². The summed E-state index contributed by atoms with van der Waals surface area (Å²) in [6.07, 6.45) is -7.94. The van der Waals surface area contributed by atoms with Gasteiger partial charge in [0.25, 0.3) is 0 Å². The second-order valence-electron chi connectivity index (χ2n) is 6.63. The summed E-state index contributed by atoms with van der Waals surface area (Å²) in [6.45, 7) is 0. The first kappa shape index (κ1) is 34.0. The summed E-state index contributed by atoms with van der Waals surface area (Å²) in [5.74, 6) is -75.3. The largest absolute Gasteiger partial charge is 0.460 e. The molecular weight excluding hydrogens is 630 g/mol. The highest BCUT2D eigenvalue weighted by atomic mass is 19.4. The van der Waals surface area contributed by atoms with Crippen molar-refractivity contribution in [2.75, 3.05) is 0 Å². The molecule has 0 N–H and O–H groups in total. The van der Waals surface area contributed by atoms with Gasteiger partial charge in [-0.05, 0) is 0 Å². The molecule has 0 bridgehead atoms. The normalized spacial score (nSPS) is 15.3. The lowest BCUT2D eigenvalue weighted by molar-refractivity contribution is -0.451. The monoisotopic (exact) mass is 630 g/mol. The van der Waals surface area contributed by atoms with E-state index in [9.17, 15) is 96.7 Å². The molecule has 0 aliphatic carbocycles. The van der Waals surface area contributed by atoms with Crippen LogP contribution in [0.4, 0.5) is 96.7 Å². The Morgan fingerprint density at radius 1 is 0.462 bits per heavy atom. The molecule has 0 spiro atoms. The van der Waals surface area contributed by atoms with Crippen LogP contribution in [0.3, 0.4) is 0 Å². The molecule has 1 rings (SSSR count). The number of allylic oxidation sites excluding steroid dienone is 1. The molecule has 0 heterocycles. The van der Waals surface area contributed by atoms with Crippen molar-refractivity contribution in [2.45, 2.75) is 41.7 Å². The Morgan fingerprint density at radius 2 is 0.821 bits per heavy atom. The minimum atomic E-state index is -8.89. The van der Waals surface area contributed by atoms with Crippen LogP contribution in [0.2, 0.25) is 0 Å². The molecule has 39 heavy (non-hydrogen) atoms. The Kier molecular flexibility index (Phi) is 8.37. The van der Waals surface area contributed by atoms with Crippen LogP contribution < -0.4 is 9.68 Å². The van der Waals surface area contributed by atoms with Gasteiger partial charge in [0.2, 0.25) is 40.6 Å². The van der Waals surface area contributed by atoms with Crippen LogP contribution >= 0.6 is 0 Å². The van der Waals surface area contributed by atoms with Gasteiger partial charge in [-0.1, -0.05) is 0 Å². The van der Waals surface area contributed by atoms with E-state index in [1.54, 1.807) is 0 Å². The lowest BCUT2D eigenvalue weighted by atomic mass is 9.91. The fourth-order valence-corrected chi connectivity index (χ4v) is 2.11. The molecule has 0 radical (unpaired) electrons. The number of benzene rings is 1. The van der Waals surface area contributed by atoms with Gasteiger partial charge in [-0.3, -0.25) is 4.94 Å². The molecule has 1 aromatic rings. The van der Waals surface area contributed by atoms with Crippen LogP contribution in [-0.4, -0.2) is 41.7 Å². The van der Waals surface area contributed by atoms with E-state index in [2.05, 4.69) is 9.68 Å². The molecule has 24 heteroatoms. The molecule has 0 aliphatic heterocycles. The van der Waals surface area contributed by atoms with Crippen LogP contribution in [0, 0.1) is 23.3 Å². The SMILES string of the molecule is FOc1c(F)c(F)c(F)c(OC(F)=C(F)C(F)(F)C(F)(F)C(F)(F)C(F)(F)C(F)(F)C(F)(F)C(F)(F)F)c1F. The lowest BCUT2D eigenvalue weighted by Crippen LogP contribution is -2.72. The molecule has 0 amide bonds. The minimum absolute atomic E-state index is 2.25. The quantitative estimate of drug-likeness (QED) is 0.118. The number of hydrogen-bond donors (Lipinski definition) is 0. The van der Waals surface area contributed by atoms with E-state index in [1.807, 2.05) is 0 Å². The van der Waals surface area contributed by atoms with E-state index < -0.39 is 88.3 Å². The molecule has 226 valence electrons. The van der Waals surface area contributed by atoms with Gasteiger partial charge in [-0.25, -0.2) is 4.39 Å². The maximum atomic E-state index is 13.6. The van der Waals surface area contributed by atoms with E-state index >= 15 is 0 Å². The summed E-state index contributed by atoms with van der Waals surface area (Å²) >= 11 is 0. The van der Waals surface area contributed by atoms with Gasteiger partial charge in [0.05, 0.1) is 0 Å². The predicted molar refractivity (Wildman–Crippen MR) is 73.6 cm³/mol. The van der Waals surface area contributed by atoms with Crippen molar-refractivity contribution in [3.63, 3.8) is 0 Å². The number of ether oxygens (including phenoxy) is 1. The molecule has 0 aromatic heterocycles. The Labute approximate surface area is 196 Å². The predicted octanol–water partition coefficient (Wildman–Crippen LogP) is 8.37. The van der Waals surface area contributed by atoms with Crippen LogP contribution in [0.5, 0.6) is 11.5 Å². The van der Waals surface area contributed by atoms with Gasteiger partial charge in [0, 0.05) is 4.53 Å². The molecular formula is C15F22O2. The third kappa shape index (κ3) is 4.61. The molecule has 0 saturated carbocycles. The number of halogens is 22. The van der Waals surface area contributed by atoms with E-state index in [-0.39, 0.29) is 0 Å². The van der Waals surface area contributed by atoms with Crippen LogP contribution in [0.1, 0.15) is 0 Å². The standard InChI is InChI=1S/C15F22O2/c16-1-2(17)5(4(19)6(39-37)3(1)18)38-8(21)7(20)9(22,23)10(24,25)11(26,27)12(28,29)13(30,31)14(32,33)15(34,35)36. The lowest BCUT2D eigenvalue weighted by Gasteiger charge is -2.41. The van der Waals surface area contributed by atoms with E-state index in [1.165, 1.54) is 0 Å². The first-order valence-corrected chi connectivity index (χ1v) is 8.24. The van der Waals surface area contributed by atoms with Crippen molar-refractivity contribution < 1.29 is 106 Å². The van der Waals surface area contributed by atoms with Crippen molar-refractivity contribution in [1.82, 2.24) is 0 Å². The van der Waals surface area contributed by atoms with Crippen molar-refractivity contribution in [3.05, 3.63) is 35.1 Å². The Balaban J connectivity index is 3.76. The molecule has 0 unspecified atom stereocenters. The average molecular weight is 630 g/mol. The maximum Gasteiger partial charge on any atom is 0.460 e. The smallest absolute Gasteiger partial charge is 0.423 e. The summed E-state index contributed by atoms with van der Waals surface area (Å²) in [4.78, 5) is 2.25. The van der Waals surface area contributed by atoms with Crippen molar-refractivity contribution in [2.24, 2.45) is 0 Å². The summed E-state index contributed by atoms with van der Waals surface area (Å²) in [5.41, 5.74) is 0. The first-order valence-electron chi connectivity index (χ1n) is 8.24. The van der Waals surface area contributed by atoms with Crippen LogP contribution in [0.15, 0.2) is 11.8 Å². The summed E-state index contributed by atoms with van der Waals surface area (Å²) in [6, 6.07) is -4.40. The fraction of sp³-hybridized carbons (Fsp3) is 0.467. The van der Waals surface area contributed by atoms with E-state index in [4.69, 9.17) is 0 Å². The highest BCUT2D eigenvalue weighted by molar-refractivity contribution is 5.40. The first-order chi connectivity index (χ1) is 17.0. The highest BCUT2D eigenvalue weighted by Gasteiger charge is 2.93. The number of alkyl halides is 15. The van der Waals surface area contributed by atoms with Gasteiger partial charge < -0.3 is 4.74 Å². The second kappa shape index (κ2) is 9.59. The molecule has 0 aliphatic rings. The Hall–Kier alpha value is -2.98.